The summed E-state index contributed by atoms with van der Waals surface area (Å²) in [6.45, 7) is 2.25. The smallest absolute Gasteiger partial charge is 0.276 e. The molecule has 8 nitrogen and oxygen atoms in total. The Labute approximate surface area is 96.3 Å². The second kappa shape index (κ2) is 4.64. The molecule has 2 rings (SSSR count). The minimum Gasteiger partial charge on any atom is -0.391 e. The van der Waals surface area contributed by atoms with E-state index in [1.165, 1.54) is 6.33 Å². The van der Waals surface area contributed by atoms with Gasteiger partial charge in [0.05, 0.1) is 6.33 Å². The van der Waals surface area contributed by atoms with Gasteiger partial charge >= 0.3 is 0 Å². The first-order chi connectivity index (χ1) is 8.16. The fourth-order valence-electron chi connectivity index (χ4n) is 1.28. The summed E-state index contributed by atoms with van der Waals surface area (Å²) < 4.78 is 4.94. The molecule has 0 bridgehead atoms. The van der Waals surface area contributed by atoms with E-state index in [0.29, 0.717) is 30.5 Å². The first-order valence-corrected chi connectivity index (χ1v) is 5.03. The Kier molecular flexibility index (Phi) is 3.03. The van der Waals surface area contributed by atoms with Crippen LogP contribution in [0.15, 0.2) is 15.6 Å². The van der Waals surface area contributed by atoms with E-state index in [1.807, 2.05) is 0 Å². The molecule has 8 heteroatoms. The van der Waals surface area contributed by atoms with Crippen LogP contribution in [0.25, 0.3) is 0 Å². The number of nitrogens with zero attached hydrogens (tertiary/aromatic N) is 3. The lowest BCUT2D eigenvalue weighted by Crippen LogP contribution is -2.17. The monoisotopic (exact) mass is 236 g/mol. The van der Waals surface area contributed by atoms with Crippen molar-refractivity contribution in [2.24, 2.45) is 0 Å². The zero-order valence-electron chi connectivity index (χ0n) is 9.23. The fraction of sp³-hybridized carbons (Fsp3) is 0.333. The molecule has 0 aromatic carbocycles. The van der Waals surface area contributed by atoms with Crippen LogP contribution in [0.5, 0.6) is 0 Å². The van der Waals surface area contributed by atoms with E-state index in [4.69, 9.17) is 10.3 Å². The van der Waals surface area contributed by atoms with Crippen molar-refractivity contribution in [2.45, 2.75) is 13.3 Å². The van der Waals surface area contributed by atoms with Crippen LogP contribution < -0.4 is 16.6 Å². The Balaban J connectivity index is 1.94. The highest BCUT2D eigenvalue weighted by Crippen LogP contribution is 2.07. The minimum absolute atomic E-state index is 0.0641. The van der Waals surface area contributed by atoms with Crippen molar-refractivity contribution in [1.82, 2.24) is 20.1 Å². The molecule has 0 saturated carbocycles. The lowest BCUT2D eigenvalue weighted by Gasteiger charge is -2.04. The molecule has 0 amide bonds. The fourth-order valence-corrected chi connectivity index (χ4v) is 1.28. The Bertz CT molecular complexity index is 561. The van der Waals surface area contributed by atoms with Crippen molar-refractivity contribution in [3.8, 4) is 0 Å². The third kappa shape index (κ3) is 2.60. The summed E-state index contributed by atoms with van der Waals surface area (Å²) in [5.74, 6) is 1.47. The summed E-state index contributed by atoms with van der Waals surface area (Å²) in [7, 11) is 0. The molecule has 0 saturated heterocycles. The number of H-pyrrole nitrogens is 1. The Morgan fingerprint density at radius 1 is 1.59 bits per heavy atom. The number of hydrogen-bond donors (Lipinski definition) is 3. The molecule has 0 fully saturated rings. The average Bonchev–Trinajstić information content (AvgIpc) is 2.70. The van der Waals surface area contributed by atoms with E-state index < -0.39 is 0 Å². The third-order valence-corrected chi connectivity index (χ3v) is 2.09. The van der Waals surface area contributed by atoms with Crippen molar-refractivity contribution in [3.63, 3.8) is 0 Å². The summed E-state index contributed by atoms with van der Waals surface area (Å²) in [5.41, 5.74) is 5.25. The van der Waals surface area contributed by atoms with Gasteiger partial charge in [0, 0.05) is 13.0 Å². The highest BCUT2D eigenvalue weighted by Gasteiger charge is 2.05. The number of nitrogens with two attached hydrogens (primary N) is 1. The van der Waals surface area contributed by atoms with Crippen molar-refractivity contribution >= 4 is 11.5 Å². The summed E-state index contributed by atoms with van der Waals surface area (Å²) in [5, 5.41) is 6.59. The molecule has 2 heterocycles. The molecule has 0 spiro atoms. The molecule has 17 heavy (non-hydrogen) atoms. The number of aromatic nitrogens is 4. The molecule has 0 aliphatic carbocycles. The number of anilines is 2. The van der Waals surface area contributed by atoms with Crippen LogP contribution in [0.4, 0.5) is 11.5 Å². The molecule has 4 N–H and O–H groups in total. The van der Waals surface area contributed by atoms with Crippen LogP contribution in [-0.4, -0.2) is 26.7 Å². The summed E-state index contributed by atoms with van der Waals surface area (Å²) >= 11 is 0. The lowest BCUT2D eigenvalue weighted by molar-refractivity contribution is 0.377. The maximum atomic E-state index is 11.2. The van der Waals surface area contributed by atoms with E-state index in [-0.39, 0.29) is 11.2 Å². The number of nitrogen functional groups attached to an aromatic ring is 1. The van der Waals surface area contributed by atoms with Gasteiger partial charge in [0.25, 0.3) is 5.56 Å². The molecule has 0 unspecified atom stereocenters. The van der Waals surface area contributed by atoms with E-state index in [1.54, 1.807) is 6.92 Å². The first-order valence-electron chi connectivity index (χ1n) is 5.03. The molecule has 0 atom stereocenters. The molecular formula is C9H12N6O2. The molecule has 0 radical (unpaired) electrons. The van der Waals surface area contributed by atoms with Crippen molar-refractivity contribution < 1.29 is 4.52 Å². The molecule has 90 valence electrons. The van der Waals surface area contributed by atoms with Crippen LogP contribution in [0.2, 0.25) is 0 Å². The van der Waals surface area contributed by atoms with Gasteiger partial charge in [-0.05, 0) is 6.92 Å². The van der Waals surface area contributed by atoms with Gasteiger partial charge in [-0.25, -0.2) is 4.98 Å². The summed E-state index contributed by atoms with van der Waals surface area (Å²) in [6, 6.07) is 0. The number of aryl methyl sites for hydroxylation is 1. The quantitative estimate of drug-likeness (QED) is 0.665. The van der Waals surface area contributed by atoms with Crippen molar-refractivity contribution in [3.05, 3.63) is 28.4 Å². The number of rotatable bonds is 4. The Hall–Kier alpha value is -2.38. The predicted molar refractivity (Wildman–Crippen MR) is 60.5 cm³/mol. The normalized spacial score (nSPS) is 10.4. The van der Waals surface area contributed by atoms with Gasteiger partial charge in [0.15, 0.2) is 11.6 Å². The first kappa shape index (κ1) is 11.1. The van der Waals surface area contributed by atoms with Gasteiger partial charge in [-0.3, -0.25) is 4.79 Å². The zero-order valence-corrected chi connectivity index (χ0v) is 9.23. The minimum atomic E-state index is -0.365. The molecule has 0 aliphatic rings. The zero-order chi connectivity index (χ0) is 12.3. The number of aromatic amines is 1. The second-order valence-electron chi connectivity index (χ2n) is 3.41. The molecule has 2 aromatic heterocycles. The SMILES string of the molecule is Cc1noc(CCNc2nc[nH]c(=O)c2N)n1. The van der Waals surface area contributed by atoms with Gasteiger partial charge in [0.2, 0.25) is 5.89 Å². The summed E-state index contributed by atoms with van der Waals surface area (Å²) in [4.78, 5) is 21.5. The lowest BCUT2D eigenvalue weighted by atomic mass is 10.4. The van der Waals surface area contributed by atoms with Crippen LogP contribution in [-0.2, 0) is 6.42 Å². The van der Waals surface area contributed by atoms with Crippen LogP contribution >= 0.6 is 0 Å². The van der Waals surface area contributed by atoms with Gasteiger partial charge < -0.3 is 20.6 Å². The van der Waals surface area contributed by atoms with Crippen LogP contribution in [0.1, 0.15) is 11.7 Å². The molecular weight excluding hydrogens is 224 g/mol. The standard InChI is InChI=1S/C9H12N6O2/c1-5-14-6(17-15-5)2-3-11-8-7(10)9(16)13-4-12-8/h4H,2-3,10H2,1H3,(H2,11,12,13,16). The maximum Gasteiger partial charge on any atom is 0.276 e. The van der Waals surface area contributed by atoms with E-state index in [2.05, 4.69) is 25.4 Å². The van der Waals surface area contributed by atoms with Gasteiger partial charge in [-0.1, -0.05) is 5.16 Å². The van der Waals surface area contributed by atoms with E-state index in [9.17, 15) is 4.79 Å². The second-order valence-corrected chi connectivity index (χ2v) is 3.41. The van der Waals surface area contributed by atoms with Crippen molar-refractivity contribution in [2.75, 3.05) is 17.6 Å². The Morgan fingerprint density at radius 3 is 3.12 bits per heavy atom. The van der Waals surface area contributed by atoms with E-state index >= 15 is 0 Å². The molecule has 0 aliphatic heterocycles. The topological polar surface area (TPSA) is 123 Å². The highest BCUT2D eigenvalue weighted by molar-refractivity contribution is 5.58. The highest BCUT2D eigenvalue weighted by atomic mass is 16.5. The van der Waals surface area contributed by atoms with Gasteiger partial charge in [-0.15, -0.1) is 0 Å². The number of hydrogen-bond acceptors (Lipinski definition) is 7. The molecule has 2 aromatic rings. The third-order valence-electron chi connectivity index (χ3n) is 2.09. The van der Waals surface area contributed by atoms with E-state index in [0.717, 1.165) is 0 Å². The van der Waals surface area contributed by atoms with Gasteiger partial charge in [0.1, 0.15) is 5.69 Å². The van der Waals surface area contributed by atoms with Crippen LogP contribution in [0, 0.1) is 6.92 Å². The van der Waals surface area contributed by atoms with Gasteiger partial charge in [-0.2, -0.15) is 4.98 Å². The van der Waals surface area contributed by atoms with Crippen LogP contribution in [0.3, 0.4) is 0 Å². The Morgan fingerprint density at radius 2 is 2.41 bits per heavy atom. The average molecular weight is 236 g/mol. The summed E-state index contributed by atoms with van der Waals surface area (Å²) in [6.07, 6.45) is 1.83. The number of nitrogens with one attached hydrogen (secondary N) is 2. The maximum absolute atomic E-state index is 11.2. The largest absolute Gasteiger partial charge is 0.391 e. The predicted octanol–water partition coefficient (Wildman–Crippen LogP) is -0.302. The van der Waals surface area contributed by atoms with Crippen molar-refractivity contribution in [1.29, 1.82) is 0 Å².